The maximum absolute atomic E-state index is 13.4. The summed E-state index contributed by atoms with van der Waals surface area (Å²) in [6, 6.07) is 13.4. The van der Waals surface area contributed by atoms with Crippen LogP contribution >= 0.6 is 15.9 Å². The number of methoxy groups -OCH3 is 1. The van der Waals surface area contributed by atoms with Crippen LogP contribution in [0.15, 0.2) is 69.1 Å². The first-order chi connectivity index (χ1) is 18.4. The number of nitrogens with zero attached hydrogens (tertiary/aromatic N) is 5. The highest BCUT2D eigenvalue weighted by molar-refractivity contribution is 9.10. The van der Waals surface area contributed by atoms with Gasteiger partial charge in [-0.1, -0.05) is 31.4 Å². The fraction of sp³-hybridized carbons (Fsp3) is 0.259. The van der Waals surface area contributed by atoms with Crippen molar-refractivity contribution < 1.29 is 14.4 Å². The number of rotatable bonds is 7. The van der Waals surface area contributed by atoms with Gasteiger partial charge in [-0.15, -0.1) is 0 Å². The van der Waals surface area contributed by atoms with E-state index < -0.39 is 4.92 Å². The van der Waals surface area contributed by atoms with E-state index in [1.807, 2.05) is 18.2 Å². The molecule has 2 heterocycles. The van der Waals surface area contributed by atoms with Crippen LogP contribution in [-0.2, 0) is 0 Å². The van der Waals surface area contributed by atoms with Gasteiger partial charge in [0, 0.05) is 28.1 Å². The molecule has 0 spiro atoms. The summed E-state index contributed by atoms with van der Waals surface area (Å²) in [5.74, 6) is 1.77. The summed E-state index contributed by atoms with van der Waals surface area (Å²) < 4.78 is 13.4. The molecule has 0 radical (unpaired) electrons. The number of hydrogen-bond acceptors (Lipinski definition) is 8. The molecule has 1 fully saturated rings. The molecular weight excluding hydrogens is 554 g/mol. The maximum atomic E-state index is 13.4. The molecule has 11 heteroatoms. The summed E-state index contributed by atoms with van der Waals surface area (Å²) in [5.41, 5.74) is 0.983. The Hall–Kier alpha value is -4.12. The molecule has 5 rings (SSSR count). The van der Waals surface area contributed by atoms with Gasteiger partial charge < -0.3 is 9.47 Å². The molecule has 0 saturated heterocycles. The van der Waals surface area contributed by atoms with Crippen molar-refractivity contribution in [2.75, 3.05) is 7.11 Å². The van der Waals surface area contributed by atoms with Crippen LogP contribution in [0.1, 0.15) is 49.4 Å². The Labute approximate surface area is 226 Å². The minimum atomic E-state index is -0.530. The van der Waals surface area contributed by atoms with Crippen molar-refractivity contribution >= 4 is 38.7 Å². The number of aromatic nitrogens is 3. The van der Waals surface area contributed by atoms with Gasteiger partial charge in [-0.3, -0.25) is 14.9 Å². The fourth-order valence-electron chi connectivity index (χ4n) is 4.54. The summed E-state index contributed by atoms with van der Waals surface area (Å²) in [6.07, 6.45) is 8.05. The van der Waals surface area contributed by atoms with Gasteiger partial charge in [0.15, 0.2) is 11.5 Å². The van der Waals surface area contributed by atoms with Gasteiger partial charge in [0.1, 0.15) is 12.0 Å². The third-order valence-corrected chi connectivity index (χ3v) is 7.18. The minimum Gasteiger partial charge on any atom is -0.493 e. The quantitative estimate of drug-likeness (QED) is 0.146. The molecule has 1 aliphatic carbocycles. The van der Waals surface area contributed by atoms with E-state index in [0.29, 0.717) is 38.3 Å². The van der Waals surface area contributed by atoms with Crippen molar-refractivity contribution in [3.05, 3.63) is 91.1 Å². The zero-order valence-electron chi connectivity index (χ0n) is 20.5. The first-order valence-electron chi connectivity index (χ1n) is 12.2. The number of fused-ring (bicyclic) bond motifs is 1. The molecule has 2 aromatic carbocycles. The second-order valence-corrected chi connectivity index (χ2v) is 9.78. The predicted octanol–water partition coefficient (Wildman–Crippen LogP) is 6.19. The third kappa shape index (κ3) is 5.28. The van der Waals surface area contributed by atoms with E-state index in [1.165, 1.54) is 30.3 Å². The van der Waals surface area contributed by atoms with Crippen molar-refractivity contribution in [1.29, 1.82) is 0 Å². The van der Waals surface area contributed by atoms with E-state index in [4.69, 9.17) is 14.5 Å². The van der Waals surface area contributed by atoms with Crippen molar-refractivity contribution in [3.63, 3.8) is 0 Å². The second-order valence-electron chi connectivity index (χ2n) is 8.92. The van der Waals surface area contributed by atoms with E-state index in [9.17, 15) is 14.9 Å². The number of nitro groups is 1. The van der Waals surface area contributed by atoms with Crippen LogP contribution in [0.4, 0.5) is 5.69 Å². The Kier molecular flexibility index (Phi) is 7.45. The Balaban J connectivity index is 1.50. The number of ether oxygens (including phenoxy) is 2. The summed E-state index contributed by atoms with van der Waals surface area (Å²) in [4.78, 5) is 32.6. The van der Waals surface area contributed by atoms with E-state index >= 15 is 0 Å². The van der Waals surface area contributed by atoms with Crippen molar-refractivity contribution in [3.8, 4) is 17.4 Å². The Morgan fingerprint density at radius 2 is 1.92 bits per heavy atom. The number of pyridine rings is 1. The van der Waals surface area contributed by atoms with Crippen molar-refractivity contribution in [2.24, 2.45) is 5.10 Å². The highest BCUT2D eigenvalue weighted by Crippen LogP contribution is 2.36. The fourth-order valence-corrected chi connectivity index (χ4v) is 4.96. The molecule has 38 heavy (non-hydrogen) atoms. The molecule has 10 nitrogen and oxygen atoms in total. The van der Waals surface area contributed by atoms with Gasteiger partial charge in [-0.25, -0.2) is 9.97 Å². The zero-order valence-corrected chi connectivity index (χ0v) is 22.1. The molecule has 0 amide bonds. The zero-order chi connectivity index (χ0) is 26.6. The number of hydrogen-bond donors (Lipinski definition) is 0. The lowest BCUT2D eigenvalue weighted by Crippen LogP contribution is -2.25. The highest BCUT2D eigenvalue weighted by Gasteiger charge is 2.22. The van der Waals surface area contributed by atoms with Crippen LogP contribution in [0, 0.1) is 10.1 Å². The van der Waals surface area contributed by atoms with Gasteiger partial charge in [0.2, 0.25) is 5.88 Å². The molecule has 0 N–H and O–H groups in total. The molecule has 0 aliphatic heterocycles. The predicted molar refractivity (Wildman–Crippen MR) is 146 cm³/mol. The van der Waals surface area contributed by atoms with E-state index in [2.05, 4.69) is 26.0 Å². The Bertz CT molecular complexity index is 1580. The van der Waals surface area contributed by atoms with E-state index in [-0.39, 0.29) is 23.0 Å². The first kappa shape index (κ1) is 25.5. The summed E-state index contributed by atoms with van der Waals surface area (Å²) in [7, 11) is 1.50. The first-order valence-corrected chi connectivity index (χ1v) is 13.0. The van der Waals surface area contributed by atoms with Crippen LogP contribution in [0.25, 0.3) is 10.9 Å². The van der Waals surface area contributed by atoms with Gasteiger partial charge in [-0.2, -0.15) is 9.78 Å². The number of para-hydroxylation sites is 1. The monoisotopic (exact) mass is 577 g/mol. The maximum Gasteiger partial charge on any atom is 0.287 e. The summed E-state index contributed by atoms with van der Waals surface area (Å²) >= 11 is 3.54. The largest absolute Gasteiger partial charge is 0.493 e. The Morgan fingerprint density at radius 3 is 2.63 bits per heavy atom. The van der Waals surface area contributed by atoms with Crippen LogP contribution in [0.2, 0.25) is 0 Å². The van der Waals surface area contributed by atoms with Crippen molar-refractivity contribution in [1.82, 2.24) is 14.6 Å². The molecule has 0 unspecified atom stereocenters. The standard InChI is InChI=1S/C27H24BrN5O5/c1-37-23-13-18(21(28)14-24(23)38-25-12-11-19(16-29-25)33(35)36)15-30-32-26(17-7-3-2-4-8-17)31-22-10-6-5-9-20(22)27(32)34/h5-6,9-17H,2-4,7-8H2,1H3. The van der Waals surface area contributed by atoms with Gasteiger partial charge in [-0.05, 0) is 53.0 Å². The van der Waals surface area contributed by atoms with Crippen LogP contribution in [0.3, 0.4) is 0 Å². The highest BCUT2D eigenvalue weighted by atomic mass is 79.9. The lowest BCUT2D eigenvalue weighted by atomic mass is 9.88. The van der Waals surface area contributed by atoms with Gasteiger partial charge in [0.05, 0.1) is 29.2 Å². The molecule has 4 aromatic rings. The summed E-state index contributed by atoms with van der Waals surface area (Å²) in [5, 5.41) is 16.0. The summed E-state index contributed by atoms with van der Waals surface area (Å²) in [6.45, 7) is 0. The third-order valence-electron chi connectivity index (χ3n) is 6.49. The molecule has 2 aromatic heterocycles. The number of halogens is 1. The molecular formula is C27H24BrN5O5. The molecule has 1 aliphatic rings. The van der Waals surface area contributed by atoms with Crippen LogP contribution in [-0.4, -0.2) is 32.9 Å². The second kappa shape index (κ2) is 11.1. The van der Waals surface area contributed by atoms with Crippen LogP contribution in [0.5, 0.6) is 17.4 Å². The lowest BCUT2D eigenvalue weighted by molar-refractivity contribution is -0.385. The Morgan fingerprint density at radius 1 is 1.13 bits per heavy atom. The lowest BCUT2D eigenvalue weighted by Gasteiger charge is -2.22. The average molecular weight is 578 g/mol. The van der Waals surface area contributed by atoms with Gasteiger partial charge >= 0.3 is 0 Å². The molecule has 194 valence electrons. The SMILES string of the molecule is COc1cc(C=Nn2c(C3CCCCC3)nc3ccccc3c2=O)c(Br)cc1Oc1ccc([N+](=O)[O-])cn1. The smallest absolute Gasteiger partial charge is 0.287 e. The average Bonchev–Trinajstić information content (AvgIpc) is 2.94. The minimum absolute atomic E-state index is 0.136. The molecule has 0 atom stereocenters. The normalized spacial score (nSPS) is 14.2. The van der Waals surface area contributed by atoms with Gasteiger partial charge in [0.25, 0.3) is 11.2 Å². The topological polar surface area (TPSA) is 122 Å². The van der Waals surface area contributed by atoms with Crippen molar-refractivity contribution in [2.45, 2.75) is 38.0 Å². The van der Waals surface area contributed by atoms with E-state index in [0.717, 1.165) is 31.9 Å². The van der Waals surface area contributed by atoms with Crippen LogP contribution < -0.4 is 15.0 Å². The molecule has 1 saturated carbocycles. The van der Waals surface area contributed by atoms with E-state index in [1.54, 1.807) is 24.4 Å². The molecule has 0 bridgehead atoms. The number of benzene rings is 2.